The summed E-state index contributed by atoms with van der Waals surface area (Å²) in [5.41, 5.74) is 0. The Morgan fingerprint density at radius 2 is 2.33 bits per heavy atom. The van der Waals surface area contributed by atoms with Crippen molar-refractivity contribution >= 4 is 17.4 Å². The summed E-state index contributed by atoms with van der Waals surface area (Å²) >= 11 is 5.78. The van der Waals surface area contributed by atoms with Crippen molar-refractivity contribution in [2.24, 2.45) is 5.92 Å². The summed E-state index contributed by atoms with van der Waals surface area (Å²) in [6.07, 6.45) is 4.24. The number of rotatable bonds is 1. The van der Waals surface area contributed by atoms with Crippen LogP contribution in [0.3, 0.4) is 0 Å². The van der Waals surface area contributed by atoms with Crippen LogP contribution >= 0.6 is 11.6 Å². The summed E-state index contributed by atoms with van der Waals surface area (Å²) in [5, 5.41) is 0.278. The topological polar surface area (TPSA) is 38.2 Å². The molecule has 3 rings (SSSR count). The number of halogens is 1. The lowest BCUT2D eigenvalue weighted by Gasteiger charge is -2.34. The molecular weight excluding hydrogens is 214 g/mol. The fraction of sp³-hybridized carbons (Fsp3) is 0.600. The molecule has 1 aromatic heterocycles. The zero-order valence-electron chi connectivity index (χ0n) is 8.48. The van der Waals surface area contributed by atoms with Crippen molar-refractivity contribution in [3.63, 3.8) is 0 Å². The van der Waals surface area contributed by atoms with Gasteiger partial charge in [-0.05, 0) is 30.4 Å². The van der Waals surface area contributed by atoms with Crippen molar-refractivity contribution in [2.45, 2.75) is 18.9 Å². The molecule has 2 aliphatic rings. The molecule has 1 fully saturated rings. The summed E-state index contributed by atoms with van der Waals surface area (Å²) < 4.78 is 5.64. The summed E-state index contributed by atoms with van der Waals surface area (Å²) in [4.78, 5) is 10.3. The van der Waals surface area contributed by atoms with E-state index in [0.29, 0.717) is 6.04 Å². The van der Waals surface area contributed by atoms with Crippen LogP contribution in [0.15, 0.2) is 6.20 Å². The first-order chi connectivity index (χ1) is 7.25. The van der Waals surface area contributed by atoms with Crippen molar-refractivity contribution in [1.29, 1.82) is 0 Å². The van der Waals surface area contributed by atoms with Crippen LogP contribution in [0, 0.1) is 5.92 Å². The molecule has 0 N–H and O–H groups in total. The predicted octanol–water partition coefficient (Wildman–Crippen LogP) is 1.74. The van der Waals surface area contributed by atoms with Crippen LogP contribution in [0.1, 0.15) is 12.8 Å². The molecule has 0 aromatic carbocycles. The number of aromatic nitrogens is 2. The molecular formula is C10H12ClN3O. The van der Waals surface area contributed by atoms with Gasteiger partial charge in [-0.25, -0.2) is 4.98 Å². The van der Waals surface area contributed by atoms with Gasteiger partial charge in [-0.2, -0.15) is 4.98 Å². The van der Waals surface area contributed by atoms with Gasteiger partial charge in [0.1, 0.15) is 6.61 Å². The summed E-state index contributed by atoms with van der Waals surface area (Å²) in [5.74, 6) is 2.31. The zero-order valence-corrected chi connectivity index (χ0v) is 9.24. The Kier molecular flexibility index (Phi) is 1.99. The molecule has 0 saturated heterocycles. The van der Waals surface area contributed by atoms with Crippen molar-refractivity contribution in [2.75, 3.05) is 18.6 Å². The second-order valence-corrected chi connectivity index (χ2v) is 4.49. The molecule has 0 radical (unpaired) electrons. The van der Waals surface area contributed by atoms with Gasteiger partial charge in [0.05, 0.1) is 12.2 Å². The number of fused-ring (bicyclic) bond motifs is 1. The molecule has 1 unspecified atom stereocenters. The number of anilines is 1. The summed E-state index contributed by atoms with van der Waals surface area (Å²) in [7, 11) is 2.05. The molecule has 0 spiro atoms. The molecule has 1 atom stereocenters. The summed E-state index contributed by atoms with van der Waals surface area (Å²) in [6.45, 7) is 0.735. The van der Waals surface area contributed by atoms with E-state index in [1.165, 1.54) is 12.8 Å². The largest absolute Gasteiger partial charge is 0.486 e. The fourth-order valence-corrected chi connectivity index (χ4v) is 2.20. The highest BCUT2D eigenvalue weighted by atomic mass is 35.5. The van der Waals surface area contributed by atoms with Crippen molar-refractivity contribution in [3.8, 4) is 5.75 Å². The zero-order chi connectivity index (χ0) is 10.4. The van der Waals surface area contributed by atoms with Crippen LogP contribution in [0.25, 0.3) is 0 Å². The number of likely N-dealkylation sites (N-methyl/N-ethyl adjacent to an activating group) is 1. The van der Waals surface area contributed by atoms with Gasteiger partial charge in [0.2, 0.25) is 5.28 Å². The highest BCUT2D eigenvalue weighted by Gasteiger charge is 2.38. The third-order valence-corrected chi connectivity index (χ3v) is 3.30. The van der Waals surface area contributed by atoms with Crippen LogP contribution in [0.2, 0.25) is 5.28 Å². The van der Waals surface area contributed by atoms with Gasteiger partial charge >= 0.3 is 0 Å². The third-order valence-electron chi connectivity index (χ3n) is 3.11. The van der Waals surface area contributed by atoms with Gasteiger partial charge in [0, 0.05) is 7.05 Å². The normalized spacial score (nSPS) is 24.7. The molecule has 80 valence electrons. The quantitative estimate of drug-likeness (QED) is 0.683. The molecule has 2 heterocycles. The van der Waals surface area contributed by atoms with Crippen LogP contribution < -0.4 is 9.64 Å². The Morgan fingerprint density at radius 3 is 3.07 bits per heavy atom. The van der Waals surface area contributed by atoms with Crippen molar-refractivity contribution in [3.05, 3.63) is 11.5 Å². The van der Waals surface area contributed by atoms with Gasteiger partial charge < -0.3 is 9.64 Å². The van der Waals surface area contributed by atoms with Crippen LogP contribution in [-0.2, 0) is 0 Å². The standard InChI is InChI=1S/C10H12ClN3O/c1-14-7(6-2-3-6)5-15-8-4-12-10(11)13-9(8)14/h4,6-7H,2-3,5H2,1H3. The van der Waals surface area contributed by atoms with Crippen LogP contribution in [0.4, 0.5) is 5.82 Å². The van der Waals surface area contributed by atoms with E-state index in [9.17, 15) is 0 Å². The van der Waals surface area contributed by atoms with E-state index in [4.69, 9.17) is 16.3 Å². The van der Waals surface area contributed by atoms with Gasteiger partial charge in [-0.3, -0.25) is 0 Å². The van der Waals surface area contributed by atoms with Crippen molar-refractivity contribution < 1.29 is 4.74 Å². The number of hydrogen-bond donors (Lipinski definition) is 0. The molecule has 1 aliphatic carbocycles. The number of nitrogens with zero attached hydrogens (tertiary/aromatic N) is 3. The highest BCUT2D eigenvalue weighted by Crippen LogP contribution is 2.41. The minimum absolute atomic E-state index is 0.278. The molecule has 1 saturated carbocycles. The second kappa shape index (κ2) is 3.23. The fourth-order valence-electron chi connectivity index (χ4n) is 2.07. The van der Waals surface area contributed by atoms with E-state index in [1.807, 2.05) is 7.05 Å². The lowest BCUT2D eigenvalue weighted by Crippen LogP contribution is -2.42. The maximum absolute atomic E-state index is 5.78. The van der Waals surface area contributed by atoms with Crippen LogP contribution in [-0.4, -0.2) is 29.7 Å². The third kappa shape index (κ3) is 1.53. The Morgan fingerprint density at radius 1 is 1.53 bits per heavy atom. The molecule has 4 nitrogen and oxygen atoms in total. The van der Waals surface area contributed by atoms with E-state index in [1.54, 1.807) is 6.20 Å². The highest BCUT2D eigenvalue weighted by molar-refractivity contribution is 6.28. The number of ether oxygens (including phenoxy) is 1. The van der Waals surface area contributed by atoms with Crippen LogP contribution in [0.5, 0.6) is 5.75 Å². The lowest BCUT2D eigenvalue weighted by atomic mass is 10.1. The predicted molar refractivity (Wildman–Crippen MR) is 57.5 cm³/mol. The monoisotopic (exact) mass is 225 g/mol. The average molecular weight is 226 g/mol. The van der Waals surface area contributed by atoms with E-state index >= 15 is 0 Å². The molecule has 15 heavy (non-hydrogen) atoms. The van der Waals surface area contributed by atoms with Gasteiger partial charge in [-0.15, -0.1) is 0 Å². The maximum Gasteiger partial charge on any atom is 0.224 e. The Labute approximate surface area is 93.2 Å². The molecule has 1 aromatic rings. The van der Waals surface area contributed by atoms with E-state index in [0.717, 1.165) is 24.1 Å². The molecule has 1 aliphatic heterocycles. The van der Waals surface area contributed by atoms with Gasteiger partial charge in [0.25, 0.3) is 0 Å². The Hall–Kier alpha value is -1.03. The first-order valence-corrected chi connectivity index (χ1v) is 5.51. The Balaban J connectivity index is 1.96. The number of hydrogen-bond acceptors (Lipinski definition) is 4. The molecule has 0 bridgehead atoms. The van der Waals surface area contributed by atoms with Gasteiger partial charge in [-0.1, -0.05) is 0 Å². The molecule has 0 amide bonds. The maximum atomic E-state index is 5.78. The van der Waals surface area contributed by atoms with E-state index in [-0.39, 0.29) is 5.28 Å². The first kappa shape index (κ1) is 9.21. The SMILES string of the molecule is CN1c2nc(Cl)ncc2OCC1C1CC1. The molecule has 5 heteroatoms. The van der Waals surface area contributed by atoms with Gasteiger partial charge in [0.15, 0.2) is 11.6 Å². The Bertz CT molecular complexity index is 394. The van der Waals surface area contributed by atoms with E-state index in [2.05, 4.69) is 14.9 Å². The average Bonchev–Trinajstić information content (AvgIpc) is 3.03. The van der Waals surface area contributed by atoms with Crippen molar-refractivity contribution in [1.82, 2.24) is 9.97 Å². The lowest BCUT2D eigenvalue weighted by molar-refractivity contribution is 0.250. The smallest absolute Gasteiger partial charge is 0.224 e. The second-order valence-electron chi connectivity index (χ2n) is 4.15. The minimum atomic E-state index is 0.278. The van der Waals surface area contributed by atoms with E-state index < -0.39 is 0 Å². The minimum Gasteiger partial charge on any atom is -0.486 e. The summed E-state index contributed by atoms with van der Waals surface area (Å²) in [6, 6.07) is 0.448. The first-order valence-electron chi connectivity index (χ1n) is 5.14.